The number of halogens is 1. The molecule has 0 amide bonds. The highest BCUT2D eigenvalue weighted by molar-refractivity contribution is 14.1. The topological polar surface area (TPSA) is 50.9 Å². The summed E-state index contributed by atoms with van der Waals surface area (Å²) in [4.78, 5) is 4.16. The van der Waals surface area contributed by atoms with E-state index in [0.717, 1.165) is 11.1 Å². The first-order chi connectivity index (χ1) is 8.22. The van der Waals surface area contributed by atoms with E-state index in [4.69, 9.17) is 5.84 Å². The van der Waals surface area contributed by atoms with E-state index in [9.17, 15) is 0 Å². The molecule has 0 aliphatic rings. The fourth-order valence-electron chi connectivity index (χ4n) is 1.80. The number of nitrogens with one attached hydrogen (secondary N) is 1. The molecule has 1 heterocycles. The molecule has 2 rings (SSSR count). The molecule has 3 nitrogen and oxygen atoms in total. The van der Waals surface area contributed by atoms with Gasteiger partial charge in [-0.2, -0.15) is 0 Å². The molecule has 17 heavy (non-hydrogen) atoms. The van der Waals surface area contributed by atoms with Gasteiger partial charge in [0.05, 0.1) is 6.04 Å². The third-order valence-corrected chi connectivity index (χ3v) is 3.48. The Kier molecular flexibility index (Phi) is 4.09. The van der Waals surface area contributed by atoms with Crippen molar-refractivity contribution in [3.8, 4) is 0 Å². The number of aryl methyl sites for hydroxylation is 1. The minimum atomic E-state index is -0.0132. The van der Waals surface area contributed by atoms with Crippen LogP contribution in [0, 0.1) is 10.5 Å². The molecule has 0 spiro atoms. The van der Waals surface area contributed by atoms with Gasteiger partial charge >= 0.3 is 0 Å². The molecule has 1 aromatic carbocycles. The zero-order chi connectivity index (χ0) is 12.3. The Labute approximate surface area is 115 Å². The maximum absolute atomic E-state index is 5.66. The molecule has 1 aromatic heterocycles. The van der Waals surface area contributed by atoms with Gasteiger partial charge in [-0.1, -0.05) is 12.1 Å². The van der Waals surface area contributed by atoms with Crippen molar-refractivity contribution in [1.82, 2.24) is 10.4 Å². The molecule has 0 saturated carbocycles. The third kappa shape index (κ3) is 2.83. The SMILES string of the molecule is Cc1ccncc1C(NN)c1ccc(I)cc1. The van der Waals surface area contributed by atoms with E-state index in [1.54, 1.807) is 6.20 Å². The van der Waals surface area contributed by atoms with Gasteiger partial charge in [-0.15, -0.1) is 0 Å². The molecule has 0 aliphatic heterocycles. The Balaban J connectivity index is 2.40. The van der Waals surface area contributed by atoms with Crippen LogP contribution in [-0.4, -0.2) is 4.98 Å². The second kappa shape index (κ2) is 5.57. The van der Waals surface area contributed by atoms with E-state index in [1.807, 2.05) is 12.3 Å². The van der Waals surface area contributed by atoms with E-state index < -0.39 is 0 Å². The summed E-state index contributed by atoms with van der Waals surface area (Å²) in [5.74, 6) is 5.66. The molecule has 0 radical (unpaired) electrons. The van der Waals surface area contributed by atoms with E-state index >= 15 is 0 Å². The summed E-state index contributed by atoms with van der Waals surface area (Å²) in [6.07, 6.45) is 3.65. The highest BCUT2D eigenvalue weighted by Crippen LogP contribution is 2.23. The van der Waals surface area contributed by atoms with Crippen molar-refractivity contribution in [2.45, 2.75) is 13.0 Å². The first-order valence-corrected chi connectivity index (χ1v) is 6.42. The van der Waals surface area contributed by atoms with E-state index in [0.29, 0.717) is 0 Å². The quantitative estimate of drug-likeness (QED) is 0.513. The molecule has 2 aromatic rings. The van der Waals surface area contributed by atoms with E-state index in [2.05, 4.69) is 64.2 Å². The van der Waals surface area contributed by atoms with Crippen molar-refractivity contribution in [2.75, 3.05) is 0 Å². The third-order valence-electron chi connectivity index (χ3n) is 2.76. The predicted molar refractivity (Wildman–Crippen MR) is 77.3 cm³/mol. The van der Waals surface area contributed by atoms with Crippen LogP contribution in [0.5, 0.6) is 0 Å². The molecule has 4 heteroatoms. The largest absolute Gasteiger partial charge is 0.271 e. The van der Waals surface area contributed by atoms with Gasteiger partial charge in [0, 0.05) is 16.0 Å². The number of nitrogens with zero attached hydrogens (tertiary/aromatic N) is 1. The van der Waals surface area contributed by atoms with Crippen LogP contribution in [0.25, 0.3) is 0 Å². The van der Waals surface area contributed by atoms with E-state index in [-0.39, 0.29) is 6.04 Å². The number of pyridine rings is 1. The maximum atomic E-state index is 5.66. The monoisotopic (exact) mass is 339 g/mol. The van der Waals surface area contributed by atoms with Crippen LogP contribution in [0.2, 0.25) is 0 Å². The van der Waals surface area contributed by atoms with Gasteiger partial charge in [0.15, 0.2) is 0 Å². The maximum Gasteiger partial charge on any atom is 0.0727 e. The van der Waals surface area contributed by atoms with Gasteiger partial charge in [0.1, 0.15) is 0 Å². The average molecular weight is 339 g/mol. The normalized spacial score (nSPS) is 12.4. The molecule has 88 valence electrons. The zero-order valence-corrected chi connectivity index (χ0v) is 11.7. The molecule has 1 atom stereocenters. The molecule has 3 N–H and O–H groups in total. The number of aromatic nitrogens is 1. The molecular formula is C13H14IN3. The zero-order valence-electron chi connectivity index (χ0n) is 9.52. The summed E-state index contributed by atoms with van der Waals surface area (Å²) in [6.45, 7) is 2.06. The summed E-state index contributed by atoms with van der Waals surface area (Å²) in [5, 5.41) is 0. The van der Waals surface area contributed by atoms with Crippen molar-refractivity contribution < 1.29 is 0 Å². The van der Waals surface area contributed by atoms with Crippen molar-refractivity contribution in [3.05, 3.63) is 63.0 Å². The number of benzene rings is 1. The minimum absolute atomic E-state index is 0.0132. The predicted octanol–water partition coefficient (Wildman–Crippen LogP) is 2.55. The van der Waals surface area contributed by atoms with Crippen molar-refractivity contribution in [3.63, 3.8) is 0 Å². The minimum Gasteiger partial charge on any atom is -0.271 e. The Morgan fingerprint density at radius 2 is 1.94 bits per heavy atom. The second-order valence-electron chi connectivity index (χ2n) is 3.88. The smallest absolute Gasteiger partial charge is 0.0727 e. The van der Waals surface area contributed by atoms with Crippen LogP contribution in [0.1, 0.15) is 22.7 Å². The summed E-state index contributed by atoms with van der Waals surface area (Å²) in [6, 6.07) is 10.3. The first-order valence-electron chi connectivity index (χ1n) is 5.34. The number of nitrogens with two attached hydrogens (primary N) is 1. The van der Waals surface area contributed by atoms with Gasteiger partial charge in [-0.25, -0.2) is 5.43 Å². The number of rotatable bonds is 3. The highest BCUT2D eigenvalue weighted by atomic mass is 127. The average Bonchev–Trinajstić information content (AvgIpc) is 2.35. The lowest BCUT2D eigenvalue weighted by molar-refractivity contribution is 0.631. The Morgan fingerprint density at radius 3 is 2.53 bits per heavy atom. The van der Waals surface area contributed by atoms with Gasteiger partial charge in [0.2, 0.25) is 0 Å². The van der Waals surface area contributed by atoms with Gasteiger partial charge in [-0.3, -0.25) is 10.8 Å². The van der Waals surface area contributed by atoms with Crippen molar-refractivity contribution >= 4 is 22.6 Å². The van der Waals surface area contributed by atoms with Gasteiger partial charge < -0.3 is 0 Å². The fraction of sp³-hybridized carbons (Fsp3) is 0.154. The molecule has 0 saturated heterocycles. The lowest BCUT2D eigenvalue weighted by atomic mass is 9.97. The molecule has 0 fully saturated rings. The Morgan fingerprint density at radius 1 is 1.24 bits per heavy atom. The molecule has 1 unspecified atom stereocenters. The van der Waals surface area contributed by atoms with Crippen LogP contribution >= 0.6 is 22.6 Å². The summed E-state index contributed by atoms with van der Waals surface area (Å²) >= 11 is 2.29. The van der Waals surface area contributed by atoms with Gasteiger partial charge in [0.25, 0.3) is 0 Å². The van der Waals surface area contributed by atoms with Crippen LogP contribution in [0.4, 0.5) is 0 Å². The number of hydrazine groups is 1. The fourth-order valence-corrected chi connectivity index (χ4v) is 2.16. The van der Waals surface area contributed by atoms with Crippen molar-refractivity contribution in [1.29, 1.82) is 0 Å². The lowest BCUT2D eigenvalue weighted by Gasteiger charge is -2.18. The van der Waals surface area contributed by atoms with Gasteiger partial charge in [-0.05, 0) is 64.4 Å². The number of hydrogen-bond donors (Lipinski definition) is 2. The first kappa shape index (κ1) is 12.5. The standard InChI is InChI=1S/C13H14IN3/c1-9-6-7-16-8-12(9)13(17-15)10-2-4-11(14)5-3-10/h2-8,13,17H,15H2,1H3. The molecule has 0 aliphatic carbocycles. The summed E-state index contributed by atoms with van der Waals surface area (Å²) in [5.41, 5.74) is 6.28. The summed E-state index contributed by atoms with van der Waals surface area (Å²) < 4.78 is 1.21. The summed E-state index contributed by atoms with van der Waals surface area (Å²) in [7, 11) is 0. The number of hydrogen-bond acceptors (Lipinski definition) is 3. The van der Waals surface area contributed by atoms with E-state index in [1.165, 1.54) is 9.13 Å². The Bertz CT molecular complexity index is 496. The van der Waals surface area contributed by atoms with Crippen molar-refractivity contribution in [2.24, 2.45) is 5.84 Å². The second-order valence-corrected chi connectivity index (χ2v) is 5.13. The highest BCUT2D eigenvalue weighted by Gasteiger charge is 2.14. The Hall–Kier alpha value is -0.980. The lowest BCUT2D eigenvalue weighted by Crippen LogP contribution is -2.29. The molecular weight excluding hydrogens is 325 g/mol. The van der Waals surface area contributed by atoms with Crippen LogP contribution < -0.4 is 11.3 Å². The van der Waals surface area contributed by atoms with Crippen LogP contribution in [0.3, 0.4) is 0 Å². The van der Waals surface area contributed by atoms with Crippen LogP contribution in [-0.2, 0) is 0 Å². The van der Waals surface area contributed by atoms with Crippen LogP contribution in [0.15, 0.2) is 42.7 Å². The molecule has 0 bridgehead atoms.